The van der Waals surface area contributed by atoms with Crippen LogP contribution in [0.15, 0.2) is 30.9 Å². The Kier molecular flexibility index (Phi) is 5.63. The van der Waals surface area contributed by atoms with Crippen LogP contribution in [0.25, 0.3) is 0 Å². The number of hydrogen-bond acceptors (Lipinski definition) is 3. The highest BCUT2D eigenvalue weighted by molar-refractivity contribution is 5.97. The van der Waals surface area contributed by atoms with Gasteiger partial charge >= 0.3 is 6.18 Å². The lowest BCUT2D eigenvalue weighted by molar-refractivity contribution is -0.139. The first-order valence-corrected chi connectivity index (χ1v) is 6.01. The Hall–Kier alpha value is -2.18. The van der Waals surface area contributed by atoms with Gasteiger partial charge in [0.05, 0.1) is 19.8 Å². The van der Waals surface area contributed by atoms with E-state index in [1.165, 1.54) is 32.4 Å². The fraction of sp³-hybridized carbons (Fsp3) is 0.357. The summed E-state index contributed by atoms with van der Waals surface area (Å²) in [5.74, 6) is -0.273. The highest BCUT2D eigenvalue weighted by atomic mass is 19.4. The normalized spacial score (nSPS) is 10.9. The number of ether oxygens (including phenoxy) is 2. The third-order valence-corrected chi connectivity index (χ3v) is 2.64. The Balaban J connectivity index is 3.15. The van der Waals surface area contributed by atoms with Crippen molar-refractivity contribution in [3.8, 4) is 11.5 Å². The minimum absolute atomic E-state index is 0.00273. The zero-order chi connectivity index (χ0) is 16.0. The monoisotopic (exact) mass is 303 g/mol. The molecule has 1 rings (SSSR count). The Bertz CT molecular complexity index is 515. The molecule has 0 aromatic heterocycles. The van der Waals surface area contributed by atoms with Gasteiger partial charge in [0.2, 0.25) is 0 Å². The number of carbonyl (C=O) groups excluding carboxylic acids is 1. The molecule has 0 spiro atoms. The molecule has 0 atom stereocenters. The minimum Gasteiger partial charge on any atom is -0.497 e. The Morgan fingerprint density at radius 2 is 2.00 bits per heavy atom. The second kappa shape index (κ2) is 7.01. The van der Waals surface area contributed by atoms with Gasteiger partial charge in [0.15, 0.2) is 0 Å². The number of methoxy groups -OCH3 is 2. The molecule has 0 aliphatic carbocycles. The fourth-order valence-corrected chi connectivity index (χ4v) is 1.74. The molecule has 21 heavy (non-hydrogen) atoms. The van der Waals surface area contributed by atoms with E-state index in [4.69, 9.17) is 9.47 Å². The summed E-state index contributed by atoms with van der Waals surface area (Å²) in [6.45, 7) is 1.78. The number of nitrogens with zero attached hydrogens (tertiary/aromatic N) is 1. The zero-order valence-electron chi connectivity index (χ0n) is 11.7. The molecule has 7 heteroatoms. The summed E-state index contributed by atoms with van der Waals surface area (Å²) in [5.41, 5.74) is 0.00273. The van der Waals surface area contributed by atoms with Gasteiger partial charge in [0.1, 0.15) is 18.0 Å². The predicted octanol–water partition coefficient (Wildman–Crippen LogP) is 2.89. The van der Waals surface area contributed by atoms with Crippen molar-refractivity contribution in [2.75, 3.05) is 27.3 Å². The first-order valence-electron chi connectivity index (χ1n) is 6.01. The van der Waals surface area contributed by atoms with E-state index in [1.807, 2.05) is 0 Å². The van der Waals surface area contributed by atoms with Gasteiger partial charge in [-0.15, -0.1) is 6.58 Å². The molecule has 1 aromatic carbocycles. The number of halogens is 3. The van der Waals surface area contributed by atoms with Crippen molar-refractivity contribution < 1.29 is 27.4 Å². The van der Waals surface area contributed by atoms with Crippen molar-refractivity contribution in [3.05, 3.63) is 36.4 Å². The number of hydrogen-bond donors (Lipinski definition) is 0. The second-order valence-electron chi connectivity index (χ2n) is 4.16. The quantitative estimate of drug-likeness (QED) is 0.759. The number of benzene rings is 1. The molecular formula is C14H16F3NO3. The molecule has 4 nitrogen and oxygen atoms in total. The van der Waals surface area contributed by atoms with Crippen LogP contribution in [0.2, 0.25) is 0 Å². The maximum absolute atomic E-state index is 12.5. The van der Waals surface area contributed by atoms with Crippen LogP contribution in [-0.2, 0) is 0 Å². The highest BCUT2D eigenvalue weighted by Crippen LogP contribution is 2.26. The molecule has 0 fully saturated rings. The van der Waals surface area contributed by atoms with E-state index in [0.717, 1.165) is 0 Å². The van der Waals surface area contributed by atoms with Gasteiger partial charge < -0.3 is 14.4 Å². The Morgan fingerprint density at radius 1 is 1.33 bits per heavy atom. The standard InChI is InChI=1S/C14H16F3NO3/c1-4-7-18(9-14(15,16)17)13(19)11-8-10(20-2)5-6-12(11)21-3/h4-6,8H,1,7,9H2,2-3H3. The third kappa shape index (κ3) is 4.70. The van der Waals surface area contributed by atoms with E-state index in [-0.39, 0.29) is 17.9 Å². The van der Waals surface area contributed by atoms with Crippen molar-refractivity contribution in [1.29, 1.82) is 0 Å². The van der Waals surface area contributed by atoms with Crippen molar-refractivity contribution in [2.24, 2.45) is 0 Å². The van der Waals surface area contributed by atoms with Crippen LogP contribution in [0, 0.1) is 0 Å². The lowest BCUT2D eigenvalue weighted by Gasteiger charge is -2.23. The number of alkyl halides is 3. The number of amides is 1. The molecule has 116 valence electrons. The van der Waals surface area contributed by atoms with Gasteiger partial charge in [-0.1, -0.05) is 6.08 Å². The first-order chi connectivity index (χ1) is 9.82. The van der Waals surface area contributed by atoms with E-state index in [2.05, 4.69) is 6.58 Å². The molecule has 0 aliphatic rings. The van der Waals surface area contributed by atoms with E-state index >= 15 is 0 Å². The minimum atomic E-state index is -4.50. The maximum atomic E-state index is 12.5. The van der Waals surface area contributed by atoms with Crippen molar-refractivity contribution >= 4 is 5.91 Å². The summed E-state index contributed by atoms with van der Waals surface area (Å²) >= 11 is 0. The van der Waals surface area contributed by atoms with Crippen LogP contribution >= 0.6 is 0 Å². The van der Waals surface area contributed by atoms with E-state index in [1.54, 1.807) is 6.07 Å². The summed E-state index contributed by atoms with van der Waals surface area (Å²) in [5, 5.41) is 0. The van der Waals surface area contributed by atoms with Gasteiger partial charge in [-0.05, 0) is 18.2 Å². The van der Waals surface area contributed by atoms with Crippen LogP contribution in [0.4, 0.5) is 13.2 Å². The van der Waals surface area contributed by atoms with Crippen LogP contribution in [0.3, 0.4) is 0 Å². The average molecular weight is 303 g/mol. The summed E-state index contributed by atoms with van der Waals surface area (Å²) < 4.78 is 47.6. The highest BCUT2D eigenvalue weighted by Gasteiger charge is 2.33. The van der Waals surface area contributed by atoms with E-state index < -0.39 is 18.6 Å². The molecule has 0 radical (unpaired) electrons. The Morgan fingerprint density at radius 3 is 2.48 bits per heavy atom. The van der Waals surface area contributed by atoms with Crippen LogP contribution in [-0.4, -0.2) is 44.3 Å². The van der Waals surface area contributed by atoms with Crippen LogP contribution < -0.4 is 9.47 Å². The van der Waals surface area contributed by atoms with Crippen LogP contribution in [0.5, 0.6) is 11.5 Å². The maximum Gasteiger partial charge on any atom is 0.406 e. The molecular weight excluding hydrogens is 287 g/mol. The summed E-state index contributed by atoms with van der Waals surface area (Å²) in [6.07, 6.45) is -3.26. The SMILES string of the molecule is C=CCN(CC(F)(F)F)C(=O)c1cc(OC)ccc1OC. The molecule has 0 N–H and O–H groups in total. The molecule has 0 unspecified atom stereocenters. The summed E-state index contributed by atoms with van der Waals surface area (Å²) in [7, 11) is 2.73. The van der Waals surface area contributed by atoms with Crippen molar-refractivity contribution in [2.45, 2.75) is 6.18 Å². The number of rotatable bonds is 6. The molecule has 0 saturated heterocycles. The molecule has 1 amide bonds. The van der Waals surface area contributed by atoms with Crippen molar-refractivity contribution in [3.63, 3.8) is 0 Å². The van der Waals surface area contributed by atoms with Crippen LogP contribution in [0.1, 0.15) is 10.4 Å². The first kappa shape index (κ1) is 16.9. The van der Waals surface area contributed by atoms with Crippen molar-refractivity contribution in [1.82, 2.24) is 4.90 Å². The smallest absolute Gasteiger partial charge is 0.406 e. The topological polar surface area (TPSA) is 38.8 Å². The molecule has 0 aliphatic heterocycles. The van der Waals surface area contributed by atoms with Gasteiger partial charge in [-0.3, -0.25) is 4.79 Å². The molecule has 0 heterocycles. The molecule has 0 bridgehead atoms. The number of carbonyl (C=O) groups is 1. The van der Waals surface area contributed by atoms with E-state index in [9.17, 15) is 18.0 Å². The van der Waals surface area contributed by atoms with Gasteiger partial charge in [0, 0.05) is 6.54 Å². The molecule has 0 saturated carbocycles. The average Bonchev–Trinajstić information content (AvgIpc) is 2.44. The lowest BCUT2D eigenvalue weighted by Crippen LogP contribution is -2.39. The predicted molar refractivity (Wildman–Crippen MR) is 71.7 cm³/mol. The lowest BCUT2D eigenvalue weighted by atomic mass is 10.1. The second-order valence-corrected chi connectivity index (χ2v) is 4.16. The van der Waals surface area contributed by atoms with Gasteiger partial charge in [0.25, 0.3) is 5.91 Å². The summed E-state index contributed by atoms with van der Waals surface area (Å²) in [4.78, 5) is 12.9. The van der Waals surface area contributed by atoms with Gasteiger partial charge in [-0.25, -0.2) is 0 Å². The third-order valence-electron chi connectivity index (χ3n) is 2.64. The summed E-state index contributed by atoms with van der Waals surface area (Å²) in [6, 6.07) is 4.36. The largest absolute Gasteiger partial charge is 0.497 e. The van der Waals surface area contributed by atoms with Gasteiger partial charge in [-0.2, -0.15) is 13.2 Å². The van der Waals surface area contributed by atoms with E-state index in [0.29, 0.717) is 10.6 Å². The zero-order valence-corrected chi connectivity index (χ0v) is 11.7. The fourth-order valence-electron chi connectivity index (χ4n) is 1.74. The molecule has 1 aromatic rings. The Labute approximate surface area is 120 Å².